The first-order valence-electron chi connectivity index (χ1n) is 11.1. The quantitative estimate of drug-likeness (QED) is 0.333. The topological polar surface area (TPSA) is 70.9 Å². The van der Waals surface area contributed by atoms with E-state index in [0.29, 0.717) is 25.3 Å². The Morgan fingerprint density at radius 3 is 2.81 bits per heavy atom. The minimum absolute atomic E-state index is 0.0114. The van der Waals surface area contributed by atoms with Gasteiger partial charge in [0.25, 0.3) is 0 Å². The van der Waals surface area contributed by atoms with Crippen LogP contribution in [0.3, 0.4) is 0 Å². The van der Waals surface area contributed by atoms with Crippen LogP contribution in [0.15, 0.2) is 58.4 Å². The van der Waals surface area contributed by atoms with Crippen LogP contribution in [0, 0.1) is 0 Å². The highest BCUT2D eigenvalue weighted by Gasteiger charge is 2.26. The van der Waals surface area contributed by atoms with E-state index >= 15 is 0 Å². The summed E-state index contributed by atoms with van der Waals surface area (Å²) < 4.78 is 31.8. The summed E-state index contributed by atoms with van der Waals surface area (Å²) >= 11 is 0. The van der Waals surface area contributed by atoms with Crippen LogP contribution in [0.5, 0.6) is 5.75 Å². The highest BCUT2D eigenvalue weighted by Crippen LogP contribution is 2.31. The standard InChI is InChI=1S/C23H31F2N5O2/c1-2-26-23(27-13-6-8-15-29-14-7-5-11-21(29)31)28-18-12-16-30(17-18)19-9-3-4-10-20(19)32-22(24)25/h3-5,7,9-11,14,18,22H,2,6,8,12-13,15-17H2,1H3,(H2,26,27,28). The average Bonchev–Trinajstić information content (AvgIpc) is 3.23. The Morgan fingerprint density at radius 1 is 1.22 bits per heavy atom. The number of nitrogens with one attached hydrogen (secondary N) is 2. The zero-order valence-electron chi connectivity index (χ0n) is 18.3. The van der Waals surface area contributed by atoms with Crippen molar-refractivity contribution in [1.29, 1.82) is 0 Å². The molecule has 174 valence electrons. The summed E-state index contributed by atoms with van der Waals surface area (Å²) in [5.41, 5.74) is 0.688. The number of aliphatic imine (C=N–C) groups is 1. The van der Waals surface area contributed by atoms with Crippen molar-refractivity contribution in [2.45, 2.75) is 45.4 Å². The van der Waals surface area contributed by atoms with Crippen molar-refractivity contribution < 1.29 is 13.5 Å². The maximum atomic E-state index is 12.7. The van der Waals surface area contributed by atoms with Gasteiger partial charge in [0.05, 0.1) is 5.69 Å². The van der Waals surface area contributed by atoms with E-state index in [4.69, 9.17) is 0 Å². The molecule has 0 radical (unpaired) electrons. The van der Waals surface area contributed by atoms with E-state index in [9.17, 15) is 13.6 Å². The first-order valence-corrected chi connectivity index (χ1v) is 11.1. The molecule has 1 aromatic heterocycles. The molecule has 3 rings (SSSR count). The molecule has 0 bridgehead atoms. The van der Waals surface area contributed by atoms with Gasteiger partial charge in [0.1, 0.15) is 5.75 Å². The summed E-state index contributed by atoms with van der Waals surface area (Å²) in [6, 6.07) is 12.2. The molecule has 0 amide bonds. The van der Waals surface area contributed by atoms with E-state index in [2.05, 4.69) is 25.3 Å². The highest BCUT2D eigenvalue weighted by atomic mass is 19.3. The fourth-order valence-electron chi connectivity index (χ4n) is 3.75. The number of hydrogen-bond acceptors (Lipinski definition) is 4. The van der Waals surface area contributed by atoms with Crippen LogP contribution in [0.2, 0.25) is 0 Å². The first kappa shape index (κ1) is 23.6. The van der Waals surface area contributed by atoms with Crippen LogP contribution in [-0.4, -0.2) is 49.4 Å². The first-order chi connectivity index (χ1) is 15.6. The lowest BCUT2D eigenvalue weighted by Crippen LogP contribution is -2.44. The van der Waals surface area contributed by atoms with E-state index in [1.165, 1.54) is 0 Å². The second-order valence-corrected chi connectivity index (χ2v) is 7.62. The fourth-order valence-corrected chi connectivity index (χ4v) is 3.75. The van der Waals surface area contributed by atoms with Crippen LogP contribution in [-0.2, 0) is 6.54 Å². The van der Waals surface area contributed by atoms with Crippen molar-refractivity contribution in [1.82, 2.24) is 15.2 Å². The van der Waals surface area contributed by atoms with Gasteiger partial charge in [-0.25, -0.2) is 0 Å². The van der Waals surface area contributed by atoms with Gasteiger partial charge in [0, 0.05) is 51.0 Å². The maximum Gasteiger partial charge on any atom is 0.387 e. The number of anilines is 1. The van der Waals surface area contributed by atoms with Gasteiger partial charge in [-0.1, -0.05) is 18.2 Å². The number of benzene rings is 1. The molecule has 1 aliphatic rings. The van der Waals surface area contributed by atoms with Crippen molar-refractivity contribution in [3.63, 3.8) is 0 Å². The van der Waals surface area contributed by atoms with E-state index in [0.717, 1.165) is 38.3 Å². The van der Waals surface area contributed by atoms with Gasteiger partial charge in [0.15, 0.2) is 5.96 Å². The molecule has 2 N–H and O–H groups in total. The minimum atomic E-state index is -2.85. The van der Waals surface area contributed by atoms with E-state index in [-0.39, 0.29) is 17.4 Å². The lowest BCUT2D eigenvalue weighted by atomic mass is 10.2. The molecular weight excluding hydrogens is 416 g/mol. The third-order valence-corrected chi connectivity index (χ3v) is 5.27. The Bertz CT molecular complexity index is 934. The Hall–Kier alpha value is -3.10. The molecule has 2 heterocycles. The second kappa shape index (κ2) is 12.1. The van der Waals surface area contributed by atoms with Crippen LogP contribution in [0.1, 0.15) is 26.2 Å². The lowest BCUT2D eigenvalue weighted by molar-refractivity contribution is -0.0495. The summed E-state index contributed by atoms with van der Waals surface area (Å²) in [6.07, 6.45) is 4.40. The van der Waals surface area contributed by atoms with Crippen molar-refractivity contribution in [3.8, 4) is 5.75 Å². The molecule has 9 heteroatoms. The molecule has 32 heavy (non-hydrogen) atoms. The smallest absolute Gasteiger partial charge is 0.387 e. The third-order valence-electron chi connectivity index (χ3n) is 5.27. The molecule has 1 unspecified atom stereocenters. The summed E-state index contributed by atoms with van der Waals surface area (Å²) in [5, 5.41) is 6.71. The Morgan fingerprint density at radius 2 is 2.03 bits per heavy atom. The number of ether oxygens (including phenoxy) is 1. The van der Waals surface area contributed by atoms with Crippen LogP contribution >= 0.6 is 0 Å². The highest BCUT2D eigenvalue weighted by molar-refractivity contribution is 5.80. The SMILES string of the molecule is CCNC(=NCCCCn1ccccc1=O)NC1CCN(c2ccccc2OC(F)F)C1. The predicted molar refractivity (Wildman–Crippen MR) is 123 cm³/mol. The molecule has 7 nitrogen and oxygen atoms in total. The van der Waals surface area contributed by atoms with Gasteiger partial charge in [-0.05, 0) is 44.4 Å². The number of alkyl halides is 2. The van der Waals surface area contributed by atoms with Crippen molar-refractivity contribution in [3.05, 3.63) is 59.0 Å². The van der Waals surface area contributed by atoms with Gasteiger partial charge < -0.3 is 24.8 Å². The molecule has 1 atom stereocenters. The number of aromatic nitrogens is 1. The number of guanidine groups is 1. The summed E-state index contributed by atoms with van der Waals surface area (Å²) in [4.78, 5) is 18.4. The molecule has 1 aromatic carbocycles. The van der Waals surface area contributed by atoms with Crippen molar-refractivity contribution in [2.75, 3.05) is 31.1 Å². The maximum absolute atomic E-state index is 12.7. The predicted octanol–water partition coefficient (Wildman–Crippen LogP) is 3.06. The van der Waals surface area contributed by atoms with Crippen molar-refractivity contribution in [2.24, 2.45) is 4.99 Å². The van der Waals surface area contributed by atoms with Gasteiger partial charge in [-0.15, -0.1) is 0 Å². The largest absolute Gasteiger partial charge is 0.433 e. The molecule has 2 aromatic rings. The number of para-hydroxylation sites is 2. The number of nitrogens with zero attached hydrogens (tertiary/aromatic N) is 3. The summed E-state index contributed by atoms with van der Waals surface area (Å²) in [6.45, 7) is 2.65. The van der Waals surface area contributed by atoms with E-state index in [1.54, 1.807) is 41.1 Å². The molecule has 1 saturated heterocycles. The zero-order chi connectivity index (χ0) is 22.8. The molecular formula is C23H31F2N5O2. The number of unbranched alkanes of at least 4 members (excludes halogenated alkanes) is 1. The zero-order valence-corrected chi connectivity index (χ0v) is 18.3. The summed E-state index contributed by atoms with van der Waals surface area (Å²) in [7, 11) is 0. The van der Waals surface area contributed by atoms with Crippen LogP contribution < -0.4 is 25.8 Å². The number of pyridine rings is 1. The Balaban J connectivity index is 1.50. The van der Waals surface area contributed by atoms with E-state index in [1.807, 2.05) is 19.1 Å². The molecule has 0 spiro atoms. The van der Waals surface area contributed by atoms with E-state index < -0.39 is 6.61 Å². The number of hydrogen-bond donors (Lipinski definition) is 2. The average molecular weight is 448 g/mol. The Labute approximate surface area is 187 Å². The molecule has 0 saturated carbocycles. The third kappa shape index (κ3) is 6.96. The Kier molecular flexibility index (Phi) is 8.89. The molecule has 0 aliphatic carbocycles. The molecule has 1 fully saturated rings. The van der Waals surface area contributed by atoms with Crippen molar-refractivity contribution >= 4 is 11.6 Å². The van der Waals surface area contributed by atoms with Gasteiger partial charge in [-0.3, -0.25) is 9.79 Å². The number of rotatable bonds is 10. The normalized spacial score (nSPS) is 16.4. The number of halogens is 2. The molecule has 1 aliphatic heterocycles. The van der Waals surface area contributed by atoms with Gasteiger partial charge in [-0.2, -0.15) is 8.78 Å². The summed E-state index contributed by atoms with van der Waals surface area (Å²) in [5.74, 6) is 0.939. The van der Waals surface area contributed by atoms with Crippen LogP contribution in [0.25, 0.3) is 0 Å². The van der Waals surface area contributed by atoms with Gasteiger partial charge in [0.2, 0.25) is 5.56 Å². The second-order valence-electron chi connectivity index (χ2n) is 7.62. The monoisotopic (exact) mass is 447 g/mol. The van der Waals surface area contributed by atoms with Gasteiger partial charge >= 0.3 is 6.61 Å². The number of aryl methyl sites for hydroxylation is 1. The fraction of sp³-hybridized carbons (Fsp3) is 0.478. The van der Waals surface area contributed by atoms with Crippen LogP contribution in [0.4, 0.5) is 14.5 Å². The lowest BCUT2D eigenvalue weighted by Gasteiger charge is -2.22. The minimum Gasteiger partial charge on any atom is -0.433 e.